The molecule has 6 nitrogen and oxygen atoms in total. The number of nitrogens with two attached hydrogens (primary N) is 1. The average molecular weight is 296 g/mol. The van der Waals surface area contributed by atoms with E-state index in [9.17, 15) is 0 Å². The zero-order valence-electron chi connectivity index (χ0n) is 13.3. The molecule has 0 aliphatic heterocycles. The van der Waals surface area contributed by atoms with Crippen molar-refractivity contribution in [3.8, 4) is 11.4 Å². The lowest BCUT2D eigenvalue weighted by molar-refractivity contribution is 0.619. The van der Waals surface area contributed by atoms with E-state index in [2.05, 4.69) is 23.4 Å². The van der Waals surface area contributed by atoms with Gasteiger partial charge in [-0.1, -0.05) is 0 Å². The molecule has 0 fully saturated rings. The molecule has 0 amide bonds. The third kappa shape index (κ3) is 2.26. The first kappa shape index (κ1) is 14.3. The smallest absolute Gasteiger partial charge is 0.162 e. The highest BCUT2D eigenvalue weighted by atomic mass is 15.2. The van der Waals surface area contributed by atoms with Gasteiger partial charge < -0.3 is 15.2 Å². The van der Waals surface area contributed by atoms with E-state index in [0.29, 0.717) is 5.82 Å². The Balaban J connectivity index is 2.31. The van der Waals surface area contributed by atoms with Crippen molar-refractivity contribution in [1.82, 2.24) is 19.5 Å². The minimum Gasteiger partial charge on any atom is -0.383 e. The molecule has 3 aromatic rings. The van der Waals surface area contributed by atoms with Gasteiger partial charge in [-0.05, 0) is 38.1 Å². The summed E-state index contributed by atoms with van der Waals surface area (Å²) in [7, 11) is 3.95. The fraction of sp³-hybridized carbons (Fsp3) is 0.312. The molecule has 0 spiro atoms. The summed E-state index contributed by atoms with van der Waals surface area (Å²) in [6.07, 6.45) is 1.68. The Hall–Kier alpha value is -2.63. The van der Waals surface area contributed by atoms with Gasteiger partial charge >= 0.3 is 0 Å². The molecule has 3 rings (SSSR count). The van der Waals surface area contributed by atoms with Crippen LogP contribution < -0.4 is 10.6 Å². The summed E-state index contributed by atoms with van der Waals surface area (Å²) in [4.78, 5) is 15.6. The minimum absolute atomic E-state index is 0.213. The van der Waals surface area contributed by atoms with Crippen LogP contribution in [-0.2, 0) is 0 Å². The van der Waals surface area contributed by atoms with E-state index in [1.165, 1.54) is 0 Å². The first-order valence-electron chi connectivity index (χ1n) is 7.26. The lowest BCUT2D eigenvalue weighted by Gasteiger charge is -2.15. The molecule has 6 heteroatoms. The Kier molecular flexibility index (Phi) is 3.44. The summed E-state index contributed by atoms with van der Waals surface area (Å²) in [5.41, 5.74) is 8.58. The van der Waals surface area contributed by atoms with Crippen LogP contribution in [0, 0.1) is 0 Å². The zero-order valence-corrected chi connectivity index (χ0v) is 13.3. The van der Waals surface area contributed by atoms with Gasteiger partial charge in [0.1, 0.15) is 23.0 Å². The maximum atomic E-state index is 6.03. The molecule has 0 unspecified atom stereocenters. The number of imidazole rings is 1. The van der Waals surface area contributed by atoms with Crippen LogP contribution in [-0.4, -0.2) is 33.6 Å². The van der Waals surface area contributed by atoms with E-state index in [1.807, 2.05) is 43.3 Å². The molecule has 0 radical (unpaired) electrons. The third-order valence-corrected chi connectivity index (χ3v) is 3.58. The van der Waals surface area contributed by atoms with Crippen molar-refractivity contribution in [2.24, 2.45) is 0 Å². The largest absolute Gasteiger partial charge is 0.383 e. The number of rotatable bonds is 3. The zero-order chi connectivity index (χ0) is 15.9. The highest BCUT2D eigenvalue weighted by Crippen LogP contribution is 2.30. The Labute approximate surface area is 129 Å². The third-order valence-electron chi connectivity index (χ3n) is 3.58. The molecule has 22 heavy (non-hydrogen) atoms. The average Bonchev–Trinajstić information content (AvgIpc) is 2.85. The van der Waals surface area contributed by atoms with Gasteiger partial charge in [0.2, 0.25) is 0 Å². The number of aromatic nitrogens is 4. The first-order valence-corrected chi connectivity index (χ1v) is 7.26. The molecule has 2 N–H and O–H groups in total. The first-order chi connectivity index (χ1) is 10.5. The molecular weight excluding hydrogens is 276 g/mol. The topological polar surface area (TPSA) is 72.9 Å². The SMILES string of the molecule is CC(C)n1c(-c2cccnc2N)nc2ccc(N(C)C)nc21. The van der Waals surface area contributed by atoms with Gasteiger partial charge in [0.15, 0.2) is 5.65 Å². The molecule has 3 heterocycles. The van der Waals surface area contributed by atoms with Crippen molar-refractivity contribution in [3.63, 3.8) is 0 Å². The van der Waals surface area contributed by atoms with Crippen LogP contribution in [0.15, 0.2) is 30.5 Å². The minimum atomic E-state index is 0.213. The van der Waals surface area contributed by atoms with Crippen LogP contribution in [0.5, 0.6) is 0 Å². The van der Waals surface area contributed by atoms with Crippen molar-refractivity contribution in [3.05, 3.63) is 30.5 Å². The van der Waals surface area contributed by atoms with Crippen LogP contribution in [0.4, 0.5) is 11.6 Å². The number of hydrogen-bond acceptors (Lipinski definition) is 5. The standard InChI is InChI=1S/C16H20N6/c1-10(2)22-15(11-6-5-9-18-14(11)17)19-12-7-8-13(21(3)4)20-16(12)22/h5-10H,1-4H3,(H2,17,18). The highest BCUT2D eigenvalue weighted by molar-refractivity contribution is 5.81. The lowest BCUT2D eigenvalue weighted by Crippen LogP contribution is -2.11. The van der Waals surface area contributed by atoms with Crippen molar-refractivity contribution in [2.75, 3.05) is 24.7 Å². The number of nitrogen functional groups attached to an aromatic ring is 1. The molecule has 114 valence electrons. The second-order valence-electron chi connectivity index (χ2n) is 5.74. The maximum absolute atomic E-state index is 6.03. The van der Waals surface area contributed by atoms with Crippen LogP contribution in [0.2, 0.25) is 0 Å². The van der Waals surface area contributed by atoms with Gasteiger partial charge in [-0.2, -0.15) is 0 Å². The number of nitrogens with zero attached hydrogens (tertiary/aromatic N) is 5. The molecule has 0 aromatic carbocycles. The normalized spacial score (nSPS) is 11.3. The Morgan fingerprint density at radius 2 is 1.91 bits per heavy atom. The number of fused-ring (bicyclic) bond motifs is 1. The molecule has 0 bridgehead atoms. The second-order valence-corrected chi connectivity index (χ2v) is 5.74. The van der Waals surface area contributed by atoms with Gasteiger partial charge in [0, 0.05) is 26.3 Å². The predicted octanol–water partition coefficient (Wildman–Crippen LogP) is 2.72. The Bertz CT molecular complexity index is 819. The maximum Gasteiger partial charge on any atom is 0.162 e. The van der Waals surface area contributed by atoms with Crippen LogP contribution in [0.3, 0.4) is 0 Å². The predicted molar refractivity (Wildman–Crippen MR) is 89.9 cm³/mol. The molecule has 0 saturated carbocycles. The summed E-state index contributed by atoms with van der Waals surface area (Å²) in [5.74, 6) is 2.19. The second kappa shape index (κ2) is 5.29. The number of pyridine rings is 2. The van der Waals surface area contributed by atoms with Gasteiger partial charge in [-0.25, -0.2) is 15.0 Å². The van der Waals surface area contributed by atoms with Crippen molar-refractivity contribution < 1.29 is 0 Å². The summed E-state index contributed by atoms with van der Waals surface area (Å²) < 4.78 is 2.11. The lowest BCUT2D eigenvalue weighted by atomic mass is 10.2. The number of anilines is 2. The van der Waals surface area contributed by atoms with E-state index in [1.54, 1.807) is 6.20 Å². The molecular formula is C16H20N6. The van der Waals surface area contributed by atoms with E-state index in [0.717, 1.165) is 28.4 Å². The summed E-state index contributed by atoms with van der Waals surface area (Å²) >= 11 is 0. The van der Waals surface area contributed by atoms with E-state index in [4.69, 9.17) is 15.7 Å². The number of hydrogen-bond donors (Lipinski definition) is 1. The van der Waals surface area contributed by atoms with Crippen LogP contribution >= 0.6 is 0 Å². The molecule has 0 aliphatic rings. The highest BCUT2D eigenvalue weighted by Gasteiger charge is 2.18. The van der Waals surface area contributed by atoms with Gasteiger partial charge in [-0.15, -0.1) is 0 Å². The van der Waals surface area contributed by atoms with Gasteiger partial charge in [0.25, 0.3) is 0 Å². The van der Waals surface area contributed by atoms with Crippen molar-refractivity contribution in [2.45, 2.75) is 19.9 Å². The quantitative estimate of drug-likeness (QED) is 0.804. The molecule has 0 atom stereocenters. The summed E-state index contributed by atoms with van der Waals surface area (Å²) in [6.45, 7) is 4.22. The van der Waals surface area contributed by atoms with Crippen molar-refractivity contribution in [1.29, 1.82) is 0 Å². The summed E-state index contributed by atoms with van der Waals surface area (Å²) in [6, 6.07) is 7.98. The molecule has 0 saturated heterocycles. The Morgan fingerprint density at radius 1 is 1.14 bits per heavy atom. The molecule has 3 aromatic heterocycles. The summed E-state index contributed by atoms with van der Waals surface area (Å²) in [5, 5.41) is 0. The fourth-order valence-electron chi connectivity index (χ4n) is 2.50. The van der Waals surface area contributed by atoms with Crippen LogP contribution in [0.25, 0.3) is 22.6 Å². The molecule has 0 aliphatic carbocycles. The van der Waals surface area contributed by atoms with E-state index >= 15 is 0 Å². The van der Waals surface area contributed by atoms with Gasteiger partial charge in [0.05, 0.1) is 5.56 Å². The van der Waals surface area contributed by atoms with Crippen molar-refractivity contribution >= 4 is 22.8 Å². The van der Waals surface area contributed by atoms with E-state index in [-0.39, 0.29) is 6.04 Å². The Morgan fingerprint density at radius 3 is 2.55 bits per heavy atom. The van der Waals surface area contributed by atoms with Gasteiger partial charge in [-0.3, -0.25) is 0 Å². The fourth-order valence-corrected chi connectivity index (χ4v) is 2.50. The van der Waals surface area contributed by atoms with E-state index < -0.39 is 0 Å². The monoisotopic (exact) mass is 296 g/mol. The van der Waals surface area contributed by atoms with Crippen LogP contribution in [0.1, 0.15) is 19.9 Å².